The molecule has 0 N–H and O–H groups in total. The third-order valence-corrected chi connectivity index (χ3v) is 0. The fourth-order valence-electron chi connectivity index (χ4n) is 0. The van der Waals surface area contributed by atoms with Crippen LogP contribution < -0.4 is 56.6 Å². The van der Waals surface area contributed by atoms with Crippen LogP contribution in [-0.4, -0.2) is 66.6 Å². The normalized spacial score (nSPS) is 4.57. The molecule has 3 atom stereocenters. The fraction of sp³-hybridized carbons (Fsp3) is 0.917. The molecule has 124 valence electrons. The number of rotatable bonds is 0. The Morgan fingerprint density at radius 1 is 0.524 bits per heavy atom. The first kappa shape index (κ1) is 73.0. The molecule has 0 aromatic carbocycles. The summed E-state index contributed by atoms with van der Waals surface area (Å²) in [4.78, 5) is 0. The average Bonchev–Trinajstić information content (AvgIpc) is 2.27. The molecule has 0 rings (SSSR count). The zero-order valence-corrected chi connectivity index (χ0v) is 23.4. The van der Waals surface area contributed by atoms with Gasteiger partial charge in [0.15, 0.2) is 0 Å². The maximum absolute atomic E-state index is 2.97. The monoisotopic (exact) mass is 395 g/mol. The summed E-state index contributed by atoms with van der Waals surface area (Å²) < 4.78 is 0. The van der Waals surface area contributed by atoms with Gasteiger partial charge in [-0.25, -0.2) is 0 Å². The van der Waals surface area contributed by atoms with E-state index >= 15 is 0 Å². The second-order valence-corrected chi connectivity index (χ2v) is 8.05. The van der Waals surface area contributed by atoms with Crippen molar-refractivity contribution in [3.8, 4) is 0 Å². The van der Waals surface area contributed by atoms with Crippen molar-refractivity contribution in [3.05, 3.63) is 7.43 Å². The van der Waals surface area contributed by atoms with E-state index in [0.29, 0.717) is 15.8 Å². The van der Waals surface area contributed by atoms with Gasteiger partial charge in [0.05, 0.1) is 0 Å². The van der Waals surface area contributed by atoms with Crippen molar-refractivity contribution in [2.45, 2.75) is 7.43 Å². The zero-order valence-electron chi connectivity index (χ0n) is 17.1. The predicted molar refractivity (Wildman–Crippen MR) is 124 cm³/mol. The van der Waals surface area contributed by atoms with Crippen LogP contribution in [0.15, 0.2) is 0 Å². The van der Waals surface area contributed by atoms with Gasteiger partial charge in [0.25, 0.3) is 0 Å². The minimum absolute atomic E-state index is 0. The summed E-state index contributed by atoms with van der Waals surface area (Å²) in [5, 5.41) is 0. The average molecular weight is 395 g/mol. The standard InChI is InChI=1S/2C3H9P.3CH5P.CH4P.CH4.CH3.3Li/c2*1-4(2)3;4*1-2;;;;;/h2*1-3H3;3*2H2,1H3;2H,1H3;1H4;1H3;;;/q;;;;;-1;;-1;3*+1. The Kier molecular flexibility index (Phi) is 430. The molecule has 9 heteroatoms. The van der Waals surface area contributed by atoms with Crippen molar-refractivity contribution in [1.29, 1.82) is 0 Å². The Bertz CT molecular complexity index is 44.5. The smallest absolute Gasteiger partial charge is 0.562 e. The molecule has 0 aliphatic carbocycles. The molecule has 0 spiro atoms. The molecule has 0 amide bonds. The first-order valence-electron chi connectivity index (χ1n) is 4.92. The minimum atomic E-state index is 0. The van der Waals surface area contributed by atoms with Crippen LogP contribution in [0.1, 0.15) is 7.43 Å². The van der Waals surface area contributed by atoms with E-state index in [-0.39, 0.29) is 71.4 Å². The Labute approximate surface area is 189 Å². The molecular formula is C12H44Li3P6+. The molecule has 0 aliphatic rings. The van der Waals surface area contributed by atoms with Gasteiger partial charge in [0.1, 0.15) is 0 Å². The topological polar surface area (TPSA) is 0 Å². The molecule has 0 aromatic heterocycles. The van der Waals surface area contributed by atoms with Gasteiger partial charge in [0, 0.05) is 0 Å². The third-order valence-electron chi connectivity index (χ3n) is 0. The van der Waals surface area contributed by atoms with E-state index < -0.39 is 0 Å². The van der Waals surface area contributed by atoms with E-state index in [1.165, 1.54) is 0 Å². The van der Waals surface area contributed by atoms with E-state index in [0.717, 1.165) is 0 Å². The molecule has 3 unspecified atom stereocenters. The third kappa shape index (κ3) is 638. The summed E-state index contributed by atoms with van der Waals surface area (Å²) >= 11 is 0. The summed E-state index contributed by atoms with van der Waals surface area (Å²) in [5.74, 6) is 0. The van der Waals surface area contributed by atoms with Crippen molar-refractivity contribution < 1.29 is 56.6 Å². The Hall–Kier alpha value is 4.37. The van der Waals surface area contributed by atoms with E-state index in [9.17, 15) is 0 Å². The molecule has 0 heterocycles. The van der Waals surface area contributed by atoms with Crippen LogP contribution in [0.2, 0.25) is 0 Å². The first-order chi connectivity index (χ1) is 7.46. The molecular weight excluding hydrogens is 351 g/mol. The van der Waals surface area contributed by atoms with Crippen molar-refractivity contribution in [1.82, 2.24) is 0 Å². The van der Waals surface area contributed by atoms with Crippen LogP contribution >= 0.6 is 52.8 Å². The van der Waals surface area contributed by atoms with Crippen LogP contribution in [0.3, 0.4) is 0 Å². The Balaban J connectivity index is -0.00000000626. The van der Waals surface area contributed by atoms with Gasteiger partial charge in [-0.1, -0.05) is 27.4 Å². The molecule has 0 radical (unpaired) electrons. The molecule has 0 bridgehead atoms. The van der Waals surface area contributed by atoms with Crippen LogP contribution in [0, 0.1) is 7.43 Å². The van der Waals surface area contributed by atoms with Crippen LogP contribution in [-0.2, 0) is 0 Å². The second kappa shape index (κ2) is 124. The van der Waals surface area contributed by atoms with Gasteiger partial charge in [-0.3, -0.25) is 0 Å². The maximum Gasteiger partial charge on any atom is 1.00 e. The minimum Gasteiger partial charge on any atom is -0.562 e. The maximum atomic E-state index is 2.97. The SMILES string of the molecule is C.CP.CP.CP.CP(C)C.CP(C)C.C[PH-].[CH3-].[Li+].[Li+].[Li+]. The Morgan fingerprint density at radius 3 is 0.524 bits per heavy atom. The summed E-state index contributed by atoms with van der Waals surface area (Å²) in [5.41, 5.74) is 0. The van der Waals surface area contributed by atoms with E-state index in [1.807, 2.05) is 20.0 Å². The van der Waals surface area contributed by atoms with Gasteiger partial charge in [0.2, 0.25) is 0 Å². The molecule has 0 aromatic rings. The van der Waals surface area contributed by atoms with Crippen molar-refractivity contribution in [2.24, 2.45) is 0 Å². The second-order valence-electron chi connectivity index (χ2n) is 2.68. The summed E-state index contributed by atoms with van der Waals surface area (Å²) in [6, 6.07) is 0. The first-order valence-corrected chi connectivity index (χ1v) is 14.7. The largest absolute Gasteiger partial charge is 1.00 e. The van der Waals surface area contributed by atoms with Gasteiger partial charge in [-0.2, -0.15) is 6.66 Å². The predicted octanol–water partition coefficient (Wildman–Crippen LogP) is -2.95. The van der Waals surface area contributed by atoms with Crippen LogP contribution in [0.5, 0.6) is 0 Å². The molecule has 0 aliphatic heterocycles. The van der Waals surface area contributed by atoms with Gasteiger partial charge >= 0.3 is 56.6 Å². The van der Waals surface area contributed by atoms with Crippen molar-refractivity contribution in [3.63, 3.8) is 0 Å². The van der Waals surface area contributed by atoms with Gasteiger partial charge < -0.3 is 16.7 Å². The fourth-order valence-corrected chi connectivity index (χ4v) is 0. The molecule has 0 fully saturated rings. The van der Waals surface area contributed by atoms with E-state index in [4.69, 9.17) is 0 Å². The van der Waals surface area contributed by atoms with Crippen molar-refractivity contribution >= 4 is 52.8 Å². The van der Waals surface area contributed by atoms with Crippen LogP contribution in [0.4, 0.5) is 0 Å². The van der Waals surface area contributed by atoms with Gasteiger partial charge in [-0.05, 0) is 40.0 Å². The summed E-state index contributed by atoms with van der Waals surface area (Å²) in [6.07, 6.45) is 0. The van der Waals surface area contributed by atoms with Crippen molar-refractivity contribution in [2.75, 3.05) is 66.6 Å². The summed E-state index contributed by atoms with van der Waals surface area (Å²) in [6.45, 7) is 20.9. The van der Waals surface area contributed by atoms with E-state index in [2.05, 4.69) is 76.9 Å². The quantitative estimate of drug-likeness (QED) is 0.234. The van der Waals surface area contributed by atoms with Gasteiger partial charge in [-0.15, -0.1) is 43.6 Å². The number of hydrogen-bond acceptors (Lipinski definition) is 0. The number of hydrogen-bond donors (Lipinski definition) is 0. The molecule has 0 saturated heterocycles. The summed E-state index contributed by atoms with van der Waals surface area (Å²) in [7, 11) is 11.0. The molecule has 0 saturated carbocycles. The zero-order chi connectivity index (χ0) is 15.2. The Morgan fingerprint density at radius 2 is 0.524 bits per heavy atom. The molecule has 0 nitrogen and oxygen atoms in total. The molecule has 21 heavy (non-hydrogen) atoms. The van der Waals surface area contributed by atoms with Crippen LogP contribution in [0.25, 0.3) is 0 Å². The van der Waals surface area contributed by atoms with E-state index in [1.54, 1.807) is 6.66 Å².